The second-order valence-electron chi connectivity index (χ2n) is 6.77. The topological polar surface area (TPSA) is 113 Å². The number of aromatic nitrogens is 2. The molecule has 31 heavy (non-hydrogen) atoms. The highest BCUT2D eigenvalue weighted by molar-refractivity contribution is 5.96. The zero-order chi connectivity index (χ0) is 23.2. The highest BCUT2D eigenvalue weighted by Gasteiger charge is 2.29. The molecule has 0 aliphatic rings. The van der Waals surface area contributed by atoms with Crippen LogP contribution in [-0.4, -0.2) is 39.7 Å². The van der Waals surface area contributed by atoms with Gasteiger partial charge in [0.15, 0.2) is 6.61 Å². The molecule has 2 heterocycles. The smallest absolute Gasteiger partial charge is 0.422 e. The average Bonchev–Trinajstić information content (AvgIpc) is 2.70. The number of halogens is 3. The maximum atomic E-state index is 12.7. The van der Waals surface area contributed by atoms with Gasteiger partial charge in [0.05, 0.1) is 12.6 Å². The number of alkyl halides is 3. The SMILES string of the molecule is CCC(=O)Nc1cc(C(=O)NC(C)c2cnc(OCC(F)(F)F)c(CO)c2)cc(C)n1. The van der Waals surface area contributed by atoms with Crippen LogP contribution in [0, 0.1) is 6.92 Å². The van der Waals surface area contributed by atoms with Crippen molar-refractivity contribution in [3.8, 4) is 5.88 Å². The summed E-state index contributed by atoms with van der Waals surface area (Å²) in [5, 5.41) is 14.8. The lowest BCUT2D eigenvalue weighted by Crippen LogP contribution is -2.27. The van der Waals surface area contributed by atoms with Crippen molar-refractivity contribution in [3.63, 3.8) is 0 Å². The number of amides is 2. The maximum absolute atomic E-state index is 12.7. The Morgan fingerprint density at radius 1 is 1.26 bits per heavy atom. The molecule has 0 spiro atoms. The molecule has 0 saturated heterocycles. The quantitative estimate of drug-likeness (QED) is 0.582. The standard InChI is InChI=1S/C20H23F3N4O4/c1-4-17(29)27-16-7-13(5-11(2)25-16)18(30)26-12(3)14-6-15(9-28)19(24-8-14)31-10-20(21,22)23/h5-8,12,28H,4,9-10H2,1-3H3,(H,26,30)(H,25,27,29). The molecule has 2 rings (SSSR count). The van der Waals surface area contributed by atoms with Crippen molar-refractivity contribution in [2.75, 3.05) is 11.9 Å². The second-order valence-corrected chi connectivity index (χ2v) is 6.77. The van der Waals surface area contributed by atoms with E-state index in [1.807, 2.05) is 0 Å². The average molecular weight is 440 g/mol. The maximum Gasteiger partial charge on any atom is 0.422 e. The van der Waals surface area contributed by atoms with Gasteiger partial charge >= 0.3 is 6.18 Å². The van der Waals surface area contributed by atoms with Crippen LogP contribution in [0.4, 0.5) is 19.0 Å². The number of aliphatic hydroxyl groups is 1. The molecular weight excluding hydrogens is 417 g/mol. The largest absolute Gasteiger partial charge is 0.468 e. The Labute approximate surface area is 176 Å². The van der Waals surface area contributed by atoms with E-state index in [1.54, 1.807) is 26.8 Å². The number of carbonyl (C=O) groups is 2. The zero-order valence-electron chi connectivity index (χ0n) is 17.2. The van der Waals surface area contributed by atoms with E-state index >= 15 is 0 Å². The van der Waals surface area contributed by atoms with Gasteiger partial charge in [-0.05, 0) is 37.6 Å². The van der Waals surface area contributed by atoms with E-state index < -0.39 is 31.3 Å². The van der Waals surface area contributed by atoms with Crippen LogP contribution in [0.5, 0.6) is 5.88 Å². The van der Waals surface area contributed by atoms with E-state index in [0.717, 1.165) is 0 Å². The summed E-state index contributed by atoms with van der Waals surface area (Å²) in [6.45, 7) is 2.91. The van der Waals surface area contributed by atoms with E-state index in [2.05, 4.69) is 25.3 Å². The van der Waals surface area contributed by atoms with Gasteiger partial charge in [-0.3, -0.25) is 9.59 Å². The Balaban J connectivity index is 2.14. The van der Waals surface area contributed by atoms with Gasteiger partial charge < -0.3 is 20.5 Å². The van der Waals surface area contributed by atoms with Gasteiger partial charge in [0.25, 0.3) is 5.91 Å². The molecule has 2 aromatic rings. The Morgan fingerprint density at radius 2 is 1.97 bits per heavy atom. The van der Waals surface area contributed by atoms with E-state index in [4.69, 9.17) is 0 Å². The minimum Gasteiger partial charge on any atom is -0.468 e. The van der Waals surface area contributed by atoms with Crippen molar-refractivity contribution < 1.29 is 32.6 Å². The molecule has 1 atom stereocenters. The summed E-state index contributed by atoms with van der Waals surface area (Å²) in [5.41, 5.74) is 1.32. The molecule has 0 aliphatic carbocycles. The molecule has 8 nitrogen and oxygen atoms in total. The molecule has 3 N–H and O–H groups in total. The number of pyridine rings is 2. The van der Waals surface area contributed by atoms with Gasteiger partial charge in [-0.1, -0.05) is 6.92 Å². The zero-order valence-corrected chi connectivity index (χ0v) is 17.2. The first-order chi connectivity index (χ1) is 14.5. The number of hydrogen-bond donors (Lipinski definition) is 3. The van der Waals surface area contributed by atoms with Crippen LogP contribution in [-0.2, 0) is 11.4 Å². The number of nitrogens with one attached hydrogen (secondary N) is 2. The van der Waals surface area contributed by atoms with E-state index in [9.17, 15) is 27.9 Å². The van der Waals surface area contributed by atoms with Crippen molar-refractivity contribution in [3.05, 3.63) is 46.8 Å². The molecule has 11 heteroatoms. The van der Waals surface area contributed by atoms with Gasteiger partial charge in [-0.2, -0.15) is 13.2 Å². The summed E-state index contributed by atoms with van der Waals surface area (Å²) in [4.78, 5) is 32.2. The molecule has 1 unspecified atom stereocenters. The van der Waals surface area contributed by atoms with Crippen LogP contribution in [0.1, 0.15) is 53.5 Å². The molecule has 2 aromatic heterocycles. The van der Waals surface area contributed by atoms with Crippen LogP contribution in [0.2, 0.25) is 0 Å². The number of aliphatic hydroxyl groups excluding tert-OH is 1. The fraction of sp³-hybridized carbons (Fsp3) is 0.400. The predicted molar refractivity (Wildman–Crippen MR) is 105 cm³/mol. The summed E-state index contributed by atoms with van der Waals surface area (Å²) >= 11 is 0. The summed E-state index contributed by atoms with van der Waals surface area (Å²) in [7, 11) is 0. The molecule has 0 fully saturated rings. The highest BCUT2D eigenvalue weighted by atomic mass is 19.4. The fourth-order valence-corrected chi connectivity index (χ4v) is 2.60. The van der Waals surface area contributed by atoms with Crippen molar-refractivity contribution in [1.82, 2.24) is 15.3 Å². The van der Waals surface area contributed by atoms with Crippen LogP contribution < -0.4 is 15.4 Å². The molecule has 0 aromatic carbocycles. The summed E-state index contributed by atoms with van der Waals surface area (Å²) in [6, 6.07) is 3.82. The highest BCUT2D eigenvalue weighted by Crippen LogP contribution is 2.24. The van der Waals surface area contributed by atoms with Crippen LogP contribution in [0.25, 0.3) is 0 Å². The number of carbonyl (C=O) groups excluding carboxylic acids is 2. The van der Waals surface area contributed by atoms with Crippen molar-refractivity contribution >= 4 is 17.6 Å². The third-order valence-corrected chi connectivity index (χ3v) is 4.14. The Morgan fingerprint density at radius 3 is 2.58 bits per heavy atom. The molecule has 2 amide bonds. The number of ether oxygens (including phenoxy) is 1. The van der Waals surface area contributed by atoms with Crippen molar-refractivity contribution in [2.24, 2.45) is 0 Å². The minimum atomic E-state index is -4.54. The fourth-order valence-electron chi connectivity index (χ4n) is 2.60. The van der Waals surface area contributed by atoms with Gasteiger partial charge in [0.2, 0.25) is 11.8 Å². The Kier molecular flexibility index (Phi) is 7.92. The van der Waals surface area contributed by atoms with Crippen LogP contribution in [0.3, 0.4) is 0 Å². The first-order valence-corrected chi connectivity index (χ1v) is 9.41. The van der Waals surface area contributed by atoms with E-state index in [-0.39, 0.29) is 35.2 Å². The Hall–Kier alpha value is -3.21. The third-order valence-electron chi connectivity index (χ3n) is 4.14. The molecule has 0 bridgehead atoms. The number of hydrogen-bond acceptors (Lipinski definition) is 6. The van der Waals surface area contributed by atoms with Crippen molar-refractivity contribution in [1.29, 1.82) is 0 Å². The Bertz CT molecular complexity index is 951. The number of rotatable bonds is 8. The van der Waals surface area contributed by atoms with Gasteiger partial charge in [-0.25, -0.2) is 9.97 Å². The second kappa shape index (κ2) is 10.2. The number of aryl methyl sites for hydroxylation is 1. The van der Waals surface area contributed by atoms with Crippen LogP contribution >= 0.6 is 0 Å². The molecule has 0 radical (unpaired) electrons. The minimum absolute atomic E-state index is 0.0622. The van der Waals surface area contributed by atoms with Gasteiger partial charge in [-0.15, -0.1) is 0 Å². The lowest BCUT2D eigenvalue weighted by Gasteiger charge is -2.17. The van der Waals surface area contributed by atoms with E-state index in [1.165, 1.54) is 18.3 Å². The molecule has 0 aliphatic heterocycles. The monoisotopic (exact) mass is 440 g/mol. The van der Waals surface area contributed by atoms with Gasteiger partial charge in [0.1, 0.15) is 5.82 Å². The van der Waals surface area contributed by atoms with Crippen molar-refractivity contribution in [2.45, 2.75) is 46.0 Å². The van der Waals surface area contributed by atoms with Crippen LogP contribution in [0.15, 0.2) is 24.4 Å². The molecule has 168 valence electrons. The normalized spacial score (nSPS) is 12.2. The third kappa shape index (κ3) is 7.21. The summed E-state index contributed by atoms with van der Waals surface area (Å²) < 4.78 is 41.7. The lowest BCUT2D eigenvalue weighted by molar-refractivity contribution is -0.154. The molecule has 0 saturated carbocycles. The first kappa shape index (κ1) is 24.1. The van der Waals surface area contributed by atoms with Gasteiger partial charge in [0, 0.05) is 29.4 Å². The van der Waals surface area contributed by atoms with E-state index in [0.29, 0.717) is 11.3 Å². The number of nitrogens with zero attached hydrogens (tertiary/aromatic N) is 2. The predicted octanol–water partition coefficient (Wildman–Crippen LogP) is 3.06. The summed E-state index contributed by atoms with van der Waals surface area (Å²) in [5.74, 6) is -0.774. The first-order valence-electron chi connectivity index (χ1n) is 9.41. The lowest BCUT2D eigenvalue weighted by atomic mass is 10.1. The molecular formula is C20H23F3N4O4. The summed E-state index contributed by atoms with van der Waals surface area (Å²) in [6.07, 6.45) is -3.01. The number of anilines is 1.